The van der Waals surface area contributed by atoms with E-state index in [4.69, 9.17) is 4.98 Å². The van der Waals surface area contributed by atoms with Crippen molar-refractivity contribution in [3.63, 3.8) is 0 Å². The molecule has 0 atom stereocenters. The second-order valence-electron chi connectivity index (χ2n) is 5.96. The lowest BCUT2D eigenvalue weighted by Gasteiger charge is -2.08. The molecule has 0 radical (unpaired) electrons. The molecule has 0 bridgehead atoms. The summed E-state index contributed by atoms with van der Waals surface area (Å²) < 4.78 is 0. The Morgan fingerprint density at radius 2 is 2.00 bits per heavy atom. The van der Waals surface area contributed by atoms with Gasteiger partial charge in [0.05, 0.1) is 5.39 Å². The number of benzene rings is 1. The first kappa shape index (κ1) is 15.8. The Hall–Kier alpha value is -2.73. The van der Waals surface area contributed by atoms with E-state index in [1.165, 1.54) is 10.4 Å². The Kier molecular flexibility index (Phi) is 4.43. The number of anilines is 1. The summed E-state index contributed by atoms with van der Waals surface area (Å²) in [4.78, 5) is 11.6. The fraction of sp³-hybridized carbons (Fsp3) is 0.211. The van der Waals surface area contributed by atoms with Crippen molar-refractivity contribution in [2.24, 2.45) is 0 Å². The summed E-state index contributed by atoms with van der Waals surface area (Å²) in [5, 5.41) is 11.5. The molecule has 2 N–H and O–H groups in total. The van der Waals surface area contributed by atoms with Crippen molar-refractivity contribution in [3.8, 4) is 11.5 Å². The maximum Gasteiger partial charge on any atom is 0.180 e. The molecule has 0 spiro atoms. The van der Waals surface area contributed by atoms with Gasteiger partial charge in [0.2, 0.25) is 0 Å². The Labute approximate surface area is 150 Å². The first-order valence-corrected chi connectivity index (χ1v) is 9.17. The molecule has 0 aliphatic carbocycles. The normalized spacial score (nSPS) is 11.1. The van der Waals surface area contributed by atoms with E-state index in [1.807, 2.05) is 6.07 Å². The fourth-order valence-corrected chi connectivity index (χ4v) is 3.70. The van der Waals surface area contributed by atoms with Crippen molar-refractivity contribution in [1.82, 2.24) is 20.2 Å². The van der Waals surface area contributed by atoms with Crippen LogP contribution in [-0.4, -0.2) is 26.7 Å². The Balaban J connectivity index is 1.53. The molecule has 3 aromatic heterocycles. The number of nitrogens with one attached hydrogen (secondary N) is 2. The minimum atomic E-state index is 0.678. The van der Waals surface area contributed by atoms with Crippen molar-refractivity contribution in [3.05, 3.63) is 59.1 Å². The molecule has 0 unspecified atom stereocenters. The largest absolute Gasteiger partial charge is 0.369 e. The Morgan fingerprint density at radius 3 is 2.80 bits per heavy atom. The predicted molar refractivity (Wildman–Crippen MR) is 103 cm³/mol. The third-order valence-electron chi connectivity index (χ3n) is 4.04. The molecule has 0 saturated carbocycles. The van der Waals surface area contributed by atoms with Crippen LogP contribution in [0.4, 0.5) is 5.82 Å². The zero-order chi connectivity index (χ0) is 17.1. The SMILES string of the molecule is Cc1cc2c(NCCCc3ccccc3)nc(-c3ccn[nH]3)nc2s1. The zero-order valence-corrected chi connectivity index (χ0v) is 14.8. The van der Waals surface area contributed by atoms with Gasteiger partial charge in [0.25, 0.3) is 0 Å². The van der Waals surface area contributed by atoms with E-state index in [9.17, 15) is 0 Å². The van der Waals surface area contributed by atoms with Gasteiger partial charge >= 0.3 is 0 Å². The van der Waals surface area contributed by atoms with Crippen LogP contribution in [0, 0.1) is 6.92 Å². The van der Waals surface area contributed by atoms with E-state index < -0.39 is 0 Å². The molecule has 4 aromatic rings. The molecule has 3 heterocycles. The van der Waals surface area contributed by atoms with Crippen LogP contribution >= 0.6 is 11.3 Å². The average molecular weight is 349 g/mol. The minimum Gasteiger partial charge on any atom is -0.369 e. The van der Waals surface area contributed by atoms with E-state index in [2.05, 4.69) is 63.8 Å². The maximum absolute atomic E-state index is 4.71. The van der Waals surface area contributed by atoms with Gasteiger partial charge in [0, 0.05) is 17.6 Å². The van der Waals surface area contributed by atoms with E-state index in [1.54, 1.807) is 17.5 Å². The number of hydrogen-bond donors (Lipinski definition) is 2. The number of aromatic nitrogens is 4. The standard InChI is InChI=1S/C19H19N5S/c1-13-12-15-17(20-10-5-8-14-6-3-2-4-7-14)22-18(23-19(15)25-13)16-9-11-21-24-16/h2-4,6-7,9,11-12H,5,8,10H2,1H3,(H,21,24)(H,20,22,23). The number of thiophene rings is 1. The quantitative estimate of drug-likeness (QED) is 0.505. The van der Waals surface area contributed by atoms with Crippen LogP contribution in [0.25, 0.3) is 21.7 Å². The molecular formula is C19H19N5S. The van der Waals surface area contributed by atoms with Gasteiger partial charge in [-0.25, -0.2) is 9.97 Å². The Bertz CT molecular complexity index is 960. The molecule has 126 valence electrons. The first-order chi connectivity index (χ1) is 12.3. The maximum atomic E-state index is 4.71. The molecule has 0 amide bonds. The van der Waals surface area contributed by atoms with Crippen LogP contribution in [0.15, 0.2) is 48.7 Å². The molecule has 5 nitrogen and oxygen atoms in total. The van der Waals surface area contributed by atoms with Gasteiger partial charge in [-0.1, -0.05) is 30.3 Å². The molecule has 0 aliphatic rings. The highest BCUT2D eigenvalue weighted by molar-refractivity contribution is 7.18. The monoisotopic (exact) mass is 349 g/mol. The summed E-state index contributed by atoms with van der Waals surface area (Å²) in [5.41, 5.74) is 2.20. The van der Waals surface area contributed by atoms with Crippen molar-refractivity contribution in [2.45, 2.75) is 19.8 Å². The topological polar surface area (TPSA) is 66.5 Å². The highest BCUT2D eigenvalue weighted by Crippen LogP contribution is 2.30. The van der Waals surface area contributed by atoms with Gasteiger partial charge < -0.3 is 5.32 Å². The van der Waals surface area contributed by atoms with Gasteiger partial charge in [-0.15, -0.1) is 11.3 Å². The van der Waals surface area contributed by atoms with Crippen LogP contribution in [0.5, 0.6) is 0 Å². The van der Waals surface area contributed by atoms with Crippen LogP contribution in [0.2, 0.25) is 0 Å². The number of nitrogens with zero attached hydrogens (tertiary/aromatic N) is 3. The highest BCUT2D eigenvalue weighted by atomic mass is 32.1. The van der Waals surface area contributed by atoms with Gasteiger partial charge in [-0.2, -0.15) is 5.10 Å². The molecular weight excluding hydrogens is 330 g/mol. The fourth-order valence-electron chi connectivity index (χ4n) is 2.82. The van der Waals surface area contributed by atoms with Crippen LogP contribution in [0.3, 0.4) is 0 Å². The second kappa shape index (κ2) is 7.03. The molecule has 0 aliphatic heterocycles. The smallest absolute Gasteiger partial charge is 0.180 e. The van der Waals surface area contributed by atoms with E-state index in [0.717, 1.165) is 41.1 Å². The molecule has 25 heavy (non-hydrogen) atoms. The second-order valence-corrected chi connectivity index (χ2v) is 7.19. The predicted octanol–water partition coefficient (Wildman–Crippen LogP) is 4.43. The summed E-state index contributed by atoms with van der Waals surface area (Å²) in [7, 11) is 0. The van der Waals surface area contributed by atoms with Crippen molar-refractivity contribution in [1.29, 1.82) is 0 Å². The molecule has 0 saturated heterocycles. The summed E-state index contributed by atoms with van der Waals surface area (Å²) in [5.74, 6) is 1.57. The van der Waals surface area contributed by atoms with Crippen LogP contribution in [0.1, 0.15) is 16.9 Å². The average Bonchev–Trinajstić information content (AvgIpc) is 3.28. The number of H-pyrrole nitrogens is 1. The number of fused-ring (bicyclic) bond motifs is 1. The van der Waals surface area contributed by atoms with Gasteiger partial charge in [0.1, 0.15) is 16.3 Å². The van der Waals surface area contributed by atoms with Crippen molar-refractivity contribution >= 4 is 27.4 Å². The molecule has 0 fully saturated rings. The number of hydrogen-bond acceptors (Lipinski definition) is 5. The van der Waals surface area contributed by atoms with Gasteiger partial charge in [-0.05, 0) is 37.5 Å². The lowest BCUT2D eigenvalue weighted by molar-refractivity contribution is 0.860. The molecule has 1 aromatic carbocycles. The first-order valence-electron chi connectivity index (χ1n) is 8.35. The minimum absolute atomic E-state index is 0.678. The van der Waals surface area contributed by atoms with Gasteiger partial charge in [0.15, 0.2) is 5.82 Å². The molecule has 4 rings (SSSR count). The van der Waals surface area contributed by atoms with E-state index >= 15 is 0 Å². The number of aryl methyl sites for hydroxylation is 2. The Morgan fingerprint density at radius 1 is 1.12 bits per heavy atom. The van der Waals surface area contributed by atoms with E-state index in [0.29, 0.717) is 5.82 Å². The summed E-state index contributed by atoms with van der Waals surface area (Å²) in [6.07, 6.45) is 3.83. The third kappa shape index (κ3) is 3.53. The lowest BCUT2D eigenvalue weighted by atomic mass is 10.1. The summed E-state index contributed by atoms with van der Waals surface area (Å²) >= 11 is 1.69. The van der Waals surface area contributed by atoms with Crippen LogP contribution < -0.4 is 5.32 Å². The third-order valence-corrected chi connectivity index (χ3v) is 4.98. The summed E-state index contributed by atoms with van der Waals surface area (Å²) in [6, 6.07) is 14.6. The number of aromatic amines is 1. The van der Waals surface area contributed by atoms with Crippen molar-refractivity contribution < 1.29 is 0 Å². The van der Waals surface area contributed by atoms with Gasteiger partial charge in [-0.3, -0.25) is 5.10 Å². The zero-order valence-electron chi connectivity index (χ0n) is 14.0. The number of rotatable bonds is 6. The van der Waals surface area contributed by atoms with Crippen molar-refractivity contribution in [2.75, 3.05) is 11.9 Å². The molecule has 6 heteroatoms. The highest BCUT2D eigenvalue weighted by Gasteiger charge is 2.12. The summed E-state index contributed by atoms with van der Waals surface area (Å²) in [6.45, 7) is 2.97. The van der Waals surface area contributed by atoms with Crippen LogP contribution in [-0.2, 0) is 6.42 Å². The lowest BCUT2D eigenvalue weighted by Crippen LogP contribution is -2.06. The van der Waals surface area contributed by atoms with E-state index in [-0.39, 0.29) is 0 Å².